The molecule has 3 aliphatic rings. The molecule has 0 saturated carbocycles. The quantitative estimate of drug-likeness (QED) is 0.0252. The Bertz CT molecular complexity index is 1610. The Hall–Kier alpha value is -2.71. The predicted octanol–water partition coefficient (Wildman–Crippen LogP) is -8.77. The van der Waals surface area contributed by atoms with E-state index in [1.807, 2.05) is 20.8 Å². The van der Waals surface area contributed by atoms with Crippen LogP contribution in [-0.2, 0) is 85.4 Å². The predicted molar refractivity (Wildman–Crippen MR) is 295 cm³/mol. The van der Waals surface area contributed by atoms with Gasteiger partial charge in [0.05, 0.1) is 164 Å². The third-order valence-corrected chi connectivity index (χ3v) is 13.1. The molecular formula is C53H100N4O30. The smallest absolute Gasteiger partial charge is 0.222 e. The van der Waals surface area contributed by atoms with Gasteiger partial charge in [0.2, 0.25) is 17.7 Å². The molecule has 3 fully saturated rings. The molecule has 512 valence electrons. The van der Waals surface area contributed by atoms with E-state index in [1.54, 1.807) is 0 Å². The van der Waals surface area contributed by atoms with E-state index in [0.29, 0.717) is 0 Å². The molecule has 0 unspecified atom stereocenters. The minimum atomic E-state index is -1.55. The molecular weight excluding hydrogens is 1170 g/mol. The van der Waals surface area contributed by atoms with Crippen LogP contribution in [0.2, 0.25) is 0 Å². The Morgan fingerprint density at radius 3 is 0.851 bits per heavy atom. The summed E-state index contributed by atoms with van der Waals surface area (Å²) in [6.45, 7) is 6.71. The maximum Gasteiger partial charge on any atom is 0.222 e. The molecule has 34 nitrogen and oxygen atoms in total. The number of hydrogen-bond acceptors (Lipinski definition) is 31. The molecule has 3 rings (SSSR count). The van der Waals surface area contributed by atoms with Crippen LogP contribution in [0.4, 0.5) is 0 Å². The minimum absolute atomic E-state index is 0.00523. The van der Waals surface area contributed by atoms with Crippen molar-refractivity contribution in [3.05, 3.63) is 0 Å². The summed E-state index contributed by atoms with van der Waals surface area (Å²) < 4.78 is 83.0. The second-order valence-corrected chi connectivity index (χ2v) is 21.5. The molecule has 0 aromatic carbocycles. The fraction of sp³-hybridized carbons (Fsp3) is 0.943. The molecule has 34 heteroatoms. The summed E-state index contributed by atoms with van der Waals surface area (Å²) in [5.41, 5.74) is -1.54. The van der Waals surface area contributed by atoms with E-state index < -0.39 is 123 Å². The molecule has 3 aliphatic heterocycles. The SMILES string of the molecule is CC(C)(C)NC(COCCC(=O)NCCOCCOCCO[C@@H]1O[C@H](CO)[C@H](O)[C@H](O)[C@H]1O)(COCCC(=O)NCCOCCOCCO[C@@H]1O[C@H](CO)[C@H](O)[C@H](O)[C@H]1O)COCCC(=O)NCCOCCOCCO[C@@H]1O[C@H](CO)[C@H](O)[C@H](O)[C@H]1O. The first-order valence-corrected chi connectivity index (χ1v) is 29.2. The lowest BCUT2D eigenvalue weighted by Gasteiger charge is -2.40. The Morgan fingerprint density at radius 2 is 0.598 bits per heavy atom. The van der Waals surface area contributed by atoms with Crippen LogP contribution in [0.3, 0.4) is 0 Å². The highest BCUT2D eigenvalue weighted by molar-refractivity contribution is 5.76. The summed E-state index contributed by atoms with van der Waals surface area (Å²) in [4.78, 5) is 38.2. The number of ether oxygens (including phenoxy) is 15. The van der Waals surface area contributed by atoms with Gasteiger partial charge in [-0.25, -0.2) is 0 Å². The van der Waals surface area contributed by atoms with Crippen LogP contribution in [0, 0.1) is 0 Å². The average molecular weight is 1270 g/mol. The third-order valence-electron chi connectivity index (χ3n) is 13.1. The molecule has 3 amide bonds. The summed E-state index contributed by atoms with van der Waals surface area (Å²) in [6.07, 6.45) is -20.7. The molecule has 0 spiro atoms. The number of carbonyl (C=O) groups excluding carboxylic acids is 3. The zero-order valence-corrected chi connectivity index (χ0v) is 50.1. The van der Waals surface area contributed by atoms with Gasteiger partial charge in [0, 0.05) is 44.4 Å². The number of nitrogens with one attached hydrogen (secondary N) is 4. The fourth-order valence-electron chi connectivity index (χ4n) is 8.63. The van der Waals surface area contributed by atoms with Gasteiger partial charge in [0.15, 0.2) is 18.9 Å². The molecule has 15 atom stereocenters. The van der Waals surface area contributed by atoms with E-state index in [2.05, 4.69) is 21.3 Å². The van der Waals surface area contributed by atoms with Crippen molar-refractivity contribution in [2.24, 2.45) is 0 Å². The van der Waals surface area contributed by atoms with Crippen molar-refractivity contribution in [1.29, 1.82) is 0 Å². The zero-order valence-electron chi connectivity index (χ0n) is 50.1. The van der Waals surface area contributed by atoms with Gasteiger partial charge in [-0.3, -0.25) is 14.4 Å². The molecule has 0 radical (unpaired) electrons. The van der Waals surface area contributed by atoms with Crippen LogP contribution in [0.5, 0.6) is 0 Å². The largest absolute Gasteiger partial charge is 0.394 e. The van der Waals surface area contributed by atoms with Crippen LogP contribution in [0.25, 0.3) is 0 Å². The van der Waals surface area contributed by atoms with E-state index in [-0.39, 0.29) is 195 Å². The van der Waals surface area contributed by atoms with Crippen LogP contribution in [0.1, 0.15) is 40.0 Å². The van der Waals surface area contributed by atoms with Crippen molar-refractivity contribution in [3.63, 3.8) is 0 Å². The van der Waals surface area contributed by atoms with Gasteiger partial charge in [0.25, 0.3) is 0 Å². The molecule has 87 heavy (non-hydrogen) atoms. The van der Waals surface area contributed by atoms with Crippen LogP contribution in [0.15, 0.2) is 0 Å². The molecule has 3 saturated heterocycles. The second-order valence-electron chi connectivity index (χ2n) is 21.5. The molecule has 0 aromatic rings. The van der Waals surface area contributed by atoms with E-state index in [1.165, 1.54) is 0 Å². The normalized spacial score (nSPS) is 28.0. The van der Waals surface area contributed by atoms with Crippen molar-refractivity contribution in [3.8, 4) is 0 Å². The van der Waals surface area contributed by atoms with Crippen molar-refractivity contribution in [1.82, 2.24) is 21.3 Å². The fourth-order valence-corrected chi connectivity index (χ4v) is 8.63. The number of amides is 3. The lowest BCUT2D eigenvalue weighted by atomic mass is 9.97. The molecule has 3 heterocycles. The van der Waals surface area contributed by atoms with Gasteiger partial charge in [0.1, 0.15) is 73.2 Å². The molecule has 0 aliphatic carbocycles. The molecule has 16 N–H and O–H groups in total. The summed E-state index contributed by atoms with van der Waals surface area (Å²) in [7, 11) is 0. The summed E-state index contributed by atoms with van der Waals surface area (Å²) in [5.74, 6) is -0.895. The second kappa shape index (κ2) is 44.7. The standard InChI is InChI=1S/C53H100N4O30/c1-52(2,3)57-53(31-79-10-4-37(61)54-7-13-73-16-19-76-22-25-82-49-46(70)43(67)40(64)34(28-58)85-49,32-80-11-5-38(62)55-8-14-74-17-20-77-23-26-83-50-47(71)44(68)41(65)35(29-59)86-50)33-81-12-6-39(63)56-9-15-75-18-21-78-24-27-84-51-48(72)45(69)42(66)36(30-60)87-51/h34-36,40-51,57-60,64-72H,4-33H2,1-3H3,(H,54,61)(H,55,62)(H,56,63)/t34-,35-,36-,40+,41+,42+,43+,44+,45+,46-,47-,48-,49-,50-,51-/m1/s1. The Kier molecular flexibility index (Phi) is 40.4. The van der Waals surface area contributed by atoms with Gasteiger partial charge in [-0.05, 0) is 20.8 Å². The van der Waals surface area contributed by atoms with Crippen LogP contribution in [-0.4, -0.2) is 360 Å². The first kappa shape index (κ1) is 78.5. The van der Waals surface area contributed by atoms with Crippen molar-refractivity contribution >= 4 is 17.7 Å². The van der Waals surface area contributed by atoms with Crippen LogP contribution < -0.4 is 21.3 Å². The zero-order chi connectivity index (χ0) is 64.0. The first-order valence-electron chi connectivity index (χ1n) is 29.2. The summed E-state index contributed by atoms with van der Waals surface area (Å²) in [5, 5.41) is 129. The topological polar surface area (TPSA) is 481 Å². The number of aliphatic hydroxyl groups excluding tert-OH is 12. The first-order chi connectivity index (χ1) is 41.7. The third kappa shape index (κ3) is 31.4. The van der Waals surface area contributed by atoms with Gasteiger partial charge in [-0.15, -0.1) is 0 Å². The lowest BCUT2D eigenvalue weighted by Crippen LogP contribution is -2.62. The molecule has 0 aromatic heterocycles. The Labute approximate surface area is 506 Å². The van der Waals surface area contributed by atoms with E-state index in [9.17, 15) is 75.7 Å². The molecule has 0 bridgehead atoms. The summed E-state index contributed by atoms with van der Waals surface area (Å²) in [6, 6.07) is 0. The van der Waals surface area contributed by atoms with Crippen molar-refractivity contribution in [2.45, 2.75) is 143 Å². The van der Waals surface area contributed by atoms with Gasteiger partial charge in [-0.2, -0.15) is 0 Å². The maximum atomic E-state index is 12.7. The highest BCUT2D eigenvalue weighted by atomic mass is 16.7. The number of carbonyl (C=O) groups is 3. The Morgan fingerprint density at radius 1 is 0.345 bits per heavy atom. The van der Waals surface area contributed by atoms with E-state index in [4.69, 9.17) is 71.1 Å². The Balaban J connectivity index is 1.35. The van der Waals surface area contributed by atoms with Gasteiger partial charge in [-0.1, -0.05) is 0 Å². The van der Waals surface area contributed by atoms with Crippen molar-refractivity contribution in [2.75, 3.05) is 178 Å². The van der Waals surface area contributed by atoms with E-state index >= 15 is 0 Å². The number of rotatable bonds is 49. The number of aliphatic hydroxyl groups is 12. The highest BCUT2D eigenvalue weighted by Crippen LogP contribution is 2.24. The minimum Gasteiger partial charge on any atom is -0.394 e. The maximum absolute atomic E-state index is 12.7. The average Bonchev–Trinajstić information content (AvgIpc) is 3.32. The van der Waals surface area contributed by atoms with Crippen LogP contribution >= 0.6 is 0 Å². The van der Waals surface area contributed by atoms with Gasteiger partial charge < -0.3 is 154 Å². The highest BCUT2D eigenvalue weighted by Gasteiger charge is 2.46. The van der Waals surface area contributed by atoms with Crippen molar-refractivity contribution < 1.29 is 147 Å². The summed E-state index contributed by atoms with van der Waals surface area (Å²) >= 11 is 0. The lowest BCUT2D eigenvalue weighted by molar-refractivity contribution is -0.302. The van der Waals surface area contributed by atoms with Gasteiger partial charge >= 0.3 is 0 Å². The monoisotopic (exact) mass is 1270 g/mol. The van der Waals surface area contributed by atoms with E-state index in [0.717, 1.165) is 0 Å². The number of hydrogen-bond donors (Lipinski definition) is 16.